The van der Waals surface area contributed by atoms with Crippen LogP contribution in [0.4, 0.5) is 5.82 Å². The third-order valence-corrected chi connectivity index (χ3v) is 9.56. The molecule has 0 bridgehead atoms. The zero-order chi connectivity index (χ0) is 25.7. The van der Waals surface area contributed by atoms with Crippen LogP contribution in [0.2, 0.25) is 4.34 Å². The first-order valence-electron chi connectivity index (χ1n) is 11.0. The fourth-order valence-corrected chi connectivity index (χ4v) is 6.88. The Bertz CT molecular complexity index is 1480. The minimum absolute atomic E-state index is 0.0670. The molecule has 4 rings (SSSR count). The summed E-state index contributed by atoms with van der Waals surface area (Å²) < 4.78 is 29.6. The van der Waals surface area contributed by atoms with Gasteiger partial charge >= 0.3 is 0 Å². The maximum atomic E-state index is 13.3. The standard InChI is InChI=1S/C24H25ClN4O4S3/c1-32-12-11-21(30)26-14-16-5-3-6-17(13-16)15-29-18-7-4-8-19(33-2)23(18)24(27-29)28-36(31,34)22-10-9-20(25)35-22/h3-10,13H,11-12,14-15H2,1-2H3,(H,26,30)(H,27,28). The van der Waals surface area contributed by atoms with E-state index in [-0.39, 0.29) is 5.91 Å². The lowest BCUT2D eigenvalue weighted by atomic mass is 10.1. The van der Waals surface area contributed by atoms with Gasteiger partial charge in [0.05, 0.1) is 35.5 Å². The zero-order valence-corrected chi connectivity index (χ0v) is 22.9. The molecule has 2 aromatic carbocycles. The Morgan fingerprint density at radius 2 is 1.94 bits per heavy atom. The molecule has 190 valence electrons. The van der Waals surface area contributed by atoms with Crippen LogP contribution in [0.3, 0.4) is 0 Å². The molecule has 0 spiro atoms. The number of nitrogens with zero attached hydrogens (tertiary/aromatic N) is 2. The average molecular weight is 565 g/mol. The minimum Gasteiger partial charge on any atom is -0.496 e. The van der Waals surface area contributed by atoms with Crippen LogP contribution in [0, 0.1) is 0 Å². The second-order valence-electron chi connectivity index (χ2n) is 7.86. The highest BCUT2D eigenvalue weighted by Crippen LogP contribution is 2.35. The Balaban J connectivity index is 1.62. The first-order chi connectivity index (χ1) is 17.3. The van der Waals surface area contributed by atoms with E-state index in [9.17, 15) is 9.00 Å². The van der Waals surface area contributed by atoms with Crippen LogP contribution in [0.25, 0.3) is 10.9 Å². The molecule has 0 fully saturated rings. The molecular weight excluding hydrogens is 540 g/mol. The molecule has 2 heterocycles. The van der Waals surface area contributed by atoms with Crippen molar-refractivity contribution >= 4 is 65.4 Å². The van der Waals surface area contributed by atoms with Crippen molar-refractivity contribution in [2.45, 2.75) is 23.7 Å². The molecule has 0 aliphatic carbocycles. The molecule has 12 heteroatoms. The van der Waals surface area contributed by atoms with E-state index in [0.29, 0.717) is 51.6 Å². The quantitative estimate of drug-likeness (QED) is 0.277. The molecule has 0 saturated heterocycles. The smallest absolute Gasteiger partial charge is 0.222 e. The third kappa shape index (κ3) is 6.16. The highest BCUT2D eigenvalue weighted by molar-refractivity contribution is 8.34. The van der Waals surface area contributed by atoms with Gasteiger partial charge in [0.15, 0.2) is 14.5 Å². The highest BCUT2D eigenvalue weighted by atomic mass is 35.5. The molecule has 1 atom stereocenters. The Morgan fingerprint density at radius 3 is 2.67 bits per heavy atom. The van der Waals surface area contributed by atoms with Crippen molar-refractivity contribution in [3.63, 3.8) is 0 Å². The summed E-state index contributed by atoms with van der Waals surface area (Å²) >= 11 is 12.6. The molecule has 1 unspecified atom stereocenters. The monoisotopic (exact) mass is 564 g/mol. The van der Waals surface area contributed by atoms with Gasteiger partial charge in [0.1, 0.15) is 9.96 Å². The molecule has 0 aliphatic rings. The van der Waals surface area contributed by atoms with E-state index < -0.39 is 8.68 Å². The predicted octanol–water partition coefficient (Wildman–Crippen LogP) is 4.59. The minimum atomic E-state index is -3.06. The number of halogens is 1. The number of hydrogen-bond donors (Lipinski definition) is 2. The molecule has 0 radical (unpaired) electrons. The molecule has 0 saturated carbocycles. The molecule has 8 nitrogen and oxygen atoms in total. The molecule has 0 aliphatic heterocycles. The number of anilines is 1. The summed E-state index contributed by atoms with van der Waals surface area (Å²) in [5.41, 5.74) is 2.75. The van der Waals surface area contributed by atoms with Crippen molar-refractivity contribution in [1.29, 1.82) is 0 Å². The van der Waals surface area contributed by atoms with Crippen LogP contribution < -0.4 is 14.8 Å². The van der Waals surface area contributed by atoms with E-state index in [1.165, 1.54) is 11.3 Å². The Labute approximate surface area is 223 Å². The van der Waals surface area contributed by atoms with E-state index >= 15 is 0 Å². The molecule has 2 aromatic heterocycles. The molecule has 1 amide bonds. The van der Waals surface area contributed by atoms with E-state index in [0.717, 1.165) is 16.6 Å². The largest absolute Gasteiger partial charge is 0.496 e. The van der Waals surface area contributed by atoms with E-state index in [4.69, 9.17) is 37.4 Å². The fraction of sp³-hybridized carbons (Fsp3) is 0.250. The third-order valence-electron chi connectivity index (χ3n) is 5.35. The Hall–Kier alpha value is -2.70. The maximum absolute atomic E-state index is 13.3. The number of fused-ring (bicyclic) bond motifs is 1. The lowest BCUT2D eigenvalue weighted by Gasteiger charge is -2.09. The summed E-state index contributed by atoms with van der Waals surface area (Å²) in [7, 11) is 0.0797. The van der Waals surface area contributed by atoms with Crippen LogP contribution in [0.5, 0.6) is 5.75 Å². The summed E-state index contributed by atoms with van der Waals surface area (Å²) in [6.07, 6.45) is 0.316. The summed E-state index contributed by atoms with van der Waals surface area (Å²) in [6, 6.07) is 16.8. The number of nitrogens with one attached hydrogen (secondary N) is 2. The molecule has 2 N–H and O–H groups in total. The number of amides is 1. The average Bonchev–Trinajstić information content (AvgIpc) is 3.45. The fourth-order valence-electron chi connectivity index (χ4n) is 3.67. The van der Waals surface area contributed by atoms with Crippen LogP contribution >= 0.6 is 22.9 Å². The van der Waals surface area contributed by atoms with Gasteiger partial charge in [0, 0.05) is 31.3 Å². The Kier molecular flexibility index (Phi) is 8.47. The van der Waals surface area contributed by atoms with Crippen molar-refractivity contribution in [2.24, 2.45) is 0 Å². The SMILES string of the molecule is COCCC(=O)NCc1cccc(Cn2nc(NS(=O)(=S)c3ccc(Cl)s3)c3c(OC)cccc32)c1. The number of benzene rings is 2. The summed E-state index contributed by atoms with van der Waals surface area (Å²) in [6.45, 7) is 1.24. The number of aromatic nitrogens is 2. The number of ether oxygens (including phenoxy) is 2. The van der Waals surface area contributed by atoms with Crippen LogP contribution in [0.1, 0.15) is 17.5 Å². The number of methoxy groups -OCH3 is 2. The van der Waals surface area contributed by atoms with Crippen LogP contribution in [-0.2, 0) is 42.5 Å². The first kappa shape index (κ1) is 26.4. The topological polar surface area (TPSA) is 94.5 Å². The summed E-state index contributed by atoms with van der Waals surface area (Å²) in [5, 5.41) is 8.30. The van der Waals surface area contributed by atoms with Gasteiger partial charge in [0.25, 0.3) is 0 Å². The van der Waals surface area contributed by atoms with Gasteiger partial charge in [-0.05, 0) is 35.4 Å². The zero-order valence-electron chi connectivity index (χ0n) is 19.7. The van der Waals surface area contributed by atoms with Crippen molar-refractivity contribution in [3.05, 3.63) is 70.1 Å². The van der Waals surface area contributed by atoms with Gasteiger partial charge in [-0.25, -0.2) is 4.21 Å². The normalized spacial score (nSPS) is 12.9. The van der Waals surface area contributed by atoms with E-state index in [2.05, 4.69) is 10.0 Å². The molecule has 36 heavy (non-hydrogen) atoms. The van der Waals surface area contributed by atoms with Crippen LogP contribution in [0.15, 0.2) is 58.8 Å². The lowest BCUT2D eigenvalue weighted by molar-refractivity contribution is -0.122. The number of rotatable bonds is 11. The van der Waals surface area contributed by atoms with Gasteiger partial charge in [0.2, 0.25) is 5.91 Å². The number of carbonyl (C=O) groups excluding carboxylic acids is 1. The summed E-state index contributed by atoms with van der Waals surface area (Å²) in [5.74, 6) is 0.888. The van der Waals surface area contributed by atoms with Crippen molar-refractivity contribution in [1.82, 2.24) is 15.1 Å². The predicted molar refractivity (Wildman–Crippen MR) is 147 cm³/mol. The maximum Gasteiger partial charge on any atom is 0.222 e. The van der Waals surface area contributed by atoms with E-state index in [1.807, 2.05) is 47.1 Å². The first-order valence-corrected chi connectivity index (χ1v) is 14.6. The van der Waals surface area contributed by atoms with Gasteiger partial charge < -0.3 is 14.8 Å². The van der Waals surface area contributed by atoms with E-state index in [1.54, 1.807) is 26.4 Å². The van der Waals surface area contributed by atoms with Gasteiger partial charge in [-0.15, -0.1) is 11.3 Å². The van der Waals surface area contributed by atoms with Gasteiger partial charge in [-0.1, -0.05) is 41.9 Å². The lowest BCUT2D eigenvalue weighted by Crippen LogP contribution is -2.23. The van der Waals surface area contributed by atoms with Crippen molar-refractivity contribution in [3.8, 4) is 5.75 Å². The number of hydrogen-bond acceptors (Lipinski definition) is 7. The number of thiophene rings is 1. The molecular formula is C24H25ClN4O4S3. The highest BCUT2D eigenvalue weighted by Gasteiger charge is 2.21. The van der Waals surface area contributed by atoms with Gasteiger partial charge in [-0.2, -0.15) is 5.10 Å². The second kappa shape index (κ2) is 11.6. The Morgan fingerprint density at radius 1 is 1.17 bits per heavy atom. The van der Waals surface area contributed by atoms with Crippen molar-refractivity contribution < 1.29 is 18.5 Å². The second-order valence-corrected chi connectivity index (χ2v) is 12.9. The molecule has 4 aromatic rings. The number of carbonyl (C=O) groups is 1. The summed E-state index contributed by atoms with van der Waals surface area (Å²) in [4.78, 5) is 11.9. The van der Waals surface area contributed by atoms with Crippen molar-refractivity contribution in [2.75, 3.05) is 25.5 Å². The van der Waals surface area contributed by atoms with Gasteiger partial charge in [-0.3, -0.25) is 14.2 Å². The van der Waals surface area contributed by atoms with Crippen LogP contribution in [-0.4, -0.2) is 40.7 Å².